The molecule has 2 bridgehead atoms. The molecule has 5 aliphatic rings. The number of amides is 1. The van der Waals surface area contributed by atoms with Gasteiger partial charge < -0.3 is 20.3 Å². The molecule has 8 rings (SSSR count). The Morgan fingerprint density at radius 1 is 1.03 bits per heavy atom. The van der Waals surface area contributed by atoms with Crippen LogP contribution < -0.4 is 10.6 Å². The maximum absolute atomic E-state index is 11.9. The molecule has 2 unspecified atom stereocenters. The predicted octanol–water partition coefficient (Wildman–Crippen LogP) is 3.71. The molecule has 7 heterocycles. The molecule has 1 aliphatic carbocycles. The van der Waals surface area contributed by atoms with Crippen molar-refractivity contribution in [1.29, 1.82) is 0 Å². The molecule has 208 valence electrons. The molecule has 5 fully saturated rings. The fraction of sp³-hybridized carbons (Fsp3) is 0.667. The van der Waals surface area contributed by atoms with E-state index in [0.717, 1.165) is 79.4 Å². The fourth-order valence-corrected chi connectivity index (χ4v) is 7.84. The van der Waals surface area contributed by atoms with Crippen molar-refractivity contribution in [2.24, 2.45) is 0 Å². The highest BCUT2D eigenvalue weighted by atomic mass is 32.1. The molecule has 3 aromatic heterocycles. The SMILES string of the molecule is CC(=O)N1C2CC1CN([C@H]1CC[C@H](Nc3nc(Nc4cnn(C5CCOCC5)c4)nc4snc(C)c34)CC1)C2. The van der Waals surface area contributed by atoms with Gasteiger partial charge in [0.1, 0.15) is 5.82 Å². The summed E-state index contributed by atoms with van der Waals surface area (Å²) in [6, 6.07) is 2.21. The van der Waals surface area contributed by atoms with Crippen LogP contribution in [0.3, 0.4) is 0 Å². The first-order chi connectivity index (χ1) is 19.0. The Labute approximate surface area is 232 Å². The maximum Gasteiger partial charge on any atom is 0.230 e. The van der Waals surface area contributed by atoms with Crippen molar-refractivity contribution in [2.45, 2.75) is 89.0 Å². The lowest BCUT2D eigenvalue weighted by Crippen LogP contribution is -2.71. The Morgan fingerprint density at radius 3 is 2.54 bits per heavy atom. The highest BCUT2D eigenvalue weighted by Gasteiger charge is 2.47. The van der Waals surface area contributed by atoms with Gasteiger partial charge in [0.15, 0.2) is 4.83 Å². The zero-order valence-corrected chi connectivity index (χ0v) is 23.5. The van der Waals surface area contributed by atoms with Crippen molar-refractivity contribution in [3.63, 3.8) is 0 Å². The number of carbonyl (C=O) groups excluding carboxylic acids is 1. The predicted molar refractivity (Wildman–Crippen MR) is 150 cm³/mol. The number of piperazine rings is 1. The van der Waals surface area contributed by atoms with Crippen molar-refractivity contribution in [1.82, 2.24) is 33.9 Å². The molecule has 0 aromatic carbocycles. The number of aromatic nitrogens is 5. The Balaban J connectivity index is 1.01. The zero-order chi connectivity index (χ0) is 26.5. The van der Waals surface area contributed by atoms with E-state index < -0.39 is 0 Å². The summed E-state index contributed by atoms with van der Waals surface area (Å²) in [6.07, 6.45) is 11.6. The summed E-state index contributed by atoms with van der Waals surface area (Å²) >= 11 is 1.42. The van der Waals surface area contributed by atoms with Crippen LogP contribution >= 0.6 is 11.5 Å². The second-order valence-corrected chi connectivity index (χ2v) is 12.3. The van der Waals surface area contributed by atoms with Crippen LogP contribution in [0.1, 0.15) is 63.6 Å². The number of hydrogen-bond acceptors (Lipinski definition) is 10. The lowest BCUT2D eigenvalue weighted by molar-refractivity contribution is -0.153. The van der Waals surface area contributed by atoms with Crippen LogP contribution in [0.5, 0.6) is 0 Å². The summed E-state index contributed by atoms with van der Waals surface area (Å²) < 4.78 is 12.1. The molecule has 2 atom stereocenters. The van der Waals surface area contributed by atoms with Crippen LogP contribution in [0.4, 0.5) is 17.5 Å². The van der Waals surface area contributed by atoms with E-state index in [1.54, 1.807) is 6.92 Å². The third kappa shape index (κ3) is 4.87. The molecule has 12 heteroatoms. The van der Waals surface area contributed by atoms with Gasteiger partial charge in [0, 0.05) is 63.6 Å². The van der Waals surface area contributed by atoms with Gasteiger partial charge in [-0.1, -0.05) is 0 Å². The zero-order valence-electron chi connectivity index (χ0n) is 22.7. The van der Waals surface area contributed by atoms with E-state index in [1.165, 1.54) is 30.8 Å². The van der Waals surface area contributed by atoms with Crippen molar-refractivity contribution < 1.29 is 9.53 Å². The lowest BCUT2D eigenvalue weighted by Gasteiger charge is -2.58. The molecule has 1 saturated carbocycles. The summed E-state index contributed by atoms with van der Waals surface area (Å²) in [5.74, 6) is 1.67. The minimum absolute atomic E-state index is 0.236. The third-order valence-corrected chi connectivity index (χ3v) is 9.90. The Kier molecular flexibility index (Phi) is 6.64. The van der Waals surface area contributed by atoms with Gasteiger partial charge in [-0.25, -0.2) is 0 Å². The molecule has 4 saturated heterocycles. The summed E-state index contributed by atoms with van der Waals surface area (Å²) in [5, 5.41) is 12.7. The van der Waals surface area contributed by atoms with Gasteiger partial charge in [0.2, 0.25) is 11.9 Å². The minimum atomic E-state index is 0.236. The third-order valence-electron chi connectivity index (χ3n) is 9.07. The highest BCUT2D eigenvalue weighted by Crippen LogP contribution is 2.37. The van der Waals surface area contributed by atoms with Crippen molar-refractivity contribution in [3.8, 4) is 0 Å². The number of piperidine rings is 1. The highest BCUT2D eigenvalue weighted by molar-refractivity contribution is 7.13. The smallest absolute Gasteiger partial charge is 0.230 e. The van der Waals surface area contributed by atoms with E-state index in [-0.39, 0.29) is 5.91 Å². The van der Waals surface area contributed by atoms with Gasteiger partial charge in [-0.15, -0.1) is 0 Å². The van der Waals surface area contributed by atoms with Gasteiger partial charge in [-0.05, 0) is 63.4 Å². The number of nitrogens with one attached hydrogen (secondary N) is 2. The second-order valence-electron chi connectivity index (χ2n) is 11.6. The number of carbonyl (C=O) groups is 1. The van der Waals surface area contributed by atoms with E-state index in [0.29, 0.717) is 36.2 Å². The first-order valence-electron chi connectivity index (χ1n) is 14.3. The molecular weight excluding hydrogens is 514 g/mol. The van der Waals surface area contributed by atoms with Gasteiger partial charge in [0.05, 0.1) is 29.0 Å². The standard InChI is InChI=1S/C27H37N9O2S/c1-16-24-25(29-18-3-5-20(6-4-18)34-14-22-11-23(15-34)36(22)17(2)37)31-27(32-26(24)39-33-16)30-19-12-28-35(13-19)21-7-9-38-10-8-21/h12-13,18,20-23H,3-11,14-15H2,1-2H3,(H2,29,30,31,32)/t18-,20-,22?,23?. The molecule has 39 heavy (non-hydrogen) atoms. The average molecular weight is 552 g/mol. The van der Waals surface area contributed by atoms with Crippen LogP contribution in [-0.4, -0.2) is 90.3 Å². The van der Waals surface area contributed by atoms with Gasteiger partial charge >= 0.3 is 0 Å². The molecule has 4 aliphatic heterocycles. The van der Waals surface area contributed by atoms with Crippen LogP contribution in [-0.2, 0) is 9.53 Å². The van der Waals surface area contributed by atoms with Crippen molar-refractivity contribution in [2.75, 3.05) is 36.9 Å². The molecule has 2 N–H and O–H groups in total. The summed E-state index contributed by atoms with van der Waals surface area (Å²) in [4.78, 5) is 27.2. The first-order valence-corrected chi connectivity index (χ1v) is 15.1. The minimum Gasteiger partial charge on any atom is -0.381 e. The number of aryl methyl sites for hydroxylation is 1. The van der Waals surface area contributed by atoms with Gasteiger partial charge in [0.25, 0.3) is 0 Å². The van der Waals surface area contributed by atoms with E-state index in [9.17, 15) is 4.79 Å². The lowest BCUT2D eigenvalue weighted by atomic mass is 9.83. The summed E-state index contributed by atoms with van der Waals surface area (Å²) in [5.41, 5.74) is 1.85. The number of nitrogens with zero attached hydrogens (tertiary/aromatic N) is 7. The first kappa shape index (κ1) is 25.2. The fourth-order valence-electron chi connectivity index (χ4n) is 7.06. The Bertz CT molecular complexity index is 1330. The molecule has 11 nitrogen and oxygen atoms in total. The Morgan fingerprint density at radius 2 is 1.79 bits per heavy atom. The number of fused-ring (bicyclic) bond motifs is 3. The topological polar surface area (TPSA) is 113 Å². The van der Waals surface area contributed by atoms with Crippen molar-refractivity contribution >= 4 is 45.1 Å². The molecule has 0 spiro atoms. The summed E-state index contributed by atoms with van der Waals surface area (Å²) in [6.45, 7) is 7.37. The molecule has 1 amide bonds. The van der Waals surface area contributed by atoms with Gasteiger partial charge in [-0.3, -0.25) is 14.4 Å². The van der Waals surface area contributed by atoms with Crippen LogP contribution in [0, 0.1) is 6.92 Å². The molecule has 0 radical (unpaired) electrons. The number of ether oxygens (including phenoxy) is 1. The quantitative estimate of drug-likeness (QED) is 0.473. The monoisotopic (exact) mass is 551 g/mol. The normalized spacial score (nSPS) is 27.9. The number of hydrogen-bond donors (Lipinski definition) is 2. The van der Waals surface area contributed by atoms with E-state index >= 15 is 0 Å². The number of anilines is 3. The van der Waals surface area contributed by atoms with Crippen LogP contribution in [0.25, 0.3) is 10.2 Å². The van der Waals surface area contributed by atoms with Gasteiger partial charge in [-0.2, -0.15) is 19.4 Å². The van der Waals surface area contributed by atoms with Crippen LogP contribution in [0.15, 0.2) is 12.4 Å². The van der Waals surface area contributed by atoms with E-state index in [1.807, 2.05) is 24.0 Å². The maximum atomic E-state index is 11.9. The molecular formula is C27H37N9O2S. The second kappa shape index (κ2) is 10.3. The van der Waals surface area contributed by atoms with E-state index in [2.05, 4.69) is 29.9 Å². The van der Waals surface area contributed by atoms with Crippen molar-refractivity contribution in [3.05, 3.63) is 18.1 Å². The average Bonchev–Trinajstić information content (AvgIpc) is 3.56. The van der Waals surface area contributed by atoms with Crippen LogP contribution in [0.2, 0.25) is 0 Å². The Hall–Kier alpha value is -2.83. The number of rotatable bonds is 6. The largest absolute Gasteiger partial charge is 0.381 e. The molecule has 3 aromatic rings. The summed E-state index contributed by atoms with van der Waals surface area (Å²) in [7, 11) is 0. The van der Waals surface area contributed by atoms with E-state index in [4.69, 9.17) is 14.7 Å².